The zero-order valence-corrected chi connectivity index (χ0v) is 12.6. The Kier molecular flexibility index (Phi) is 5.62. The van der Waals surface area contributed by atoms with Gasteiger partial charge in [0.05, 0.1) is 17.6 Å². The lowest BCUT2D eigenvalue weighted by Crippen LogP contribution is -2.35. The quantitative estimate of drug-likeness (QED) is 0.711. The average Bonchev–Trinajstić information content (AvgIpc) is 2.71. The van der Waals surface area contributed by atoms with Gasteiger partial charge in [-0.25, -0.2) is 8.42 Å². The number of piperidine rings is 1. The number of ether oxygens (including phenoxy) is 1. The van der Waals surface area contributed by atoms with E-state index in [1.165, 1.54) is 0 Å². The summed E-state index contributed by atoms with van der Waals surface area (Å²) >= 11 is 0. The van der Waals surface area contributed by atoms with E-state index in [0.29, 0.717) is 17.6 Å². The highest BCUT2D eigenvalue weighted by Gasteiger charge is 2.27. The van der Waals surface area contributed by atoms with Gasteiger partial charge in [0.15, 0.2) is 9.84 Å². The molecule has 0 spiro atoms. The Morgan fingerprint density at radius 1 is 1.26 bits per heavy atom. The first-order valence-corrected chi connectivity index (χ1v) is 9.11. The highest BCUT2D eigenvalue weighted by atomic mass is 32.2. The maximum atomic E-state index is 11.3. The lowest BCUT2D eigenvalue weighted by Gasteiger charge is -2.28. The molecule has 0 aromatic rings. The Morgan fingerprint density at radius 2 is 2.00 bits per heavy atom. The summed E-state index contributed by atoms with van der Waals surface area (Å²) in [4.78, 5) is 2.34. The van der Waals surface area contributed by atoms with E-state index in [4.69, 9.17) is 4.74 Å². The molecule has 2 rings (SSSR count). The molecule has 1 unspecified atom stereocenters. The molecule has 6 heteroatoms. The average molecular weight is 290 g/mol. The van der Waals surface area contributed by atoms with Gasteiger partial charge in [-0.2, -0.15) is 0 Å². The fourth-order valence-electron chi connectivity index (χ4n) is 2.74. The van der Waals surface area contributed by atoms with E-state index in [-0.39, 0.29) is 6.04 Å². The third kappa shape index (κ3) is 5.38. The predicted molar refractivity (Wildman–Crippen MR) is 76.1 cm³/mol. The molecule has 0 aromatic heterocycles. The van der Waals surface area contributed by atoms with Gasteiger partial charge in [-0.1, -0.05) is 0 Å². The molecule has 0 saturated carbocycles. The van der Waals surface area contributed by atoms with Crippen molar-refractivity contribution in [1.29, 1.82) is 0 Å². The number of sulfone groups is 1. The van der Waals surface area contributed by atoms with E-state index in [0.717, 1.165) is 51.9 Å². The lowest BCUT2D eigenvalue weighted by molar-refractivity contribution is 0.0115. The molecule has 0 aliphatic carbocycles. The molecule has 5 nitrogen and oxygen atoms in total. The molecule has 0 amide bonds. The van der Waals surface area contributed by atoms with Crippen molar-refractivity contribution in [2.24, 2.45) is 0 Å². The van der Waals surface area contributed by atoms with Crippen LogP contribution in [0, 0.1) is 0 Å². The van der Waals surface area contributed by atoms with Crippen LogP contribution in [0.2, 0.25) is 0 Å². The molecular formula is C13H26N2O3S. The summed E-state index contributed by atoms with van der Waals surface area (Å²) in [5.74, 6) is 0.652. The summed E-state index contributed by atoms with van der Waals surface area (Å²) in [5, 5.41) is 3.31. The number of rotatable bonds is 6. The Bertz CT molecular complexity index is 364. The Balaban J connectivity index is 1.49. The Morgan fingerprint density at radius 3 is 2.63 bits per heavy atom. The highest BCUT2D eigenvalue weighted by Crippen LogP contribution is 2.13. The van der Waals surface area contributed by atoms with Crippen molar-refractivity contribution in [3.63, 3.8) is 0 Å². The van der Waals surface area contributed by atoms with Gasteiger partial charge in [0.25, 0.3) is 0 Å². The number of nitrogens with one attached hydrogen (secondary N) is 1. The largest absolute Gasteiger partial charge is 0.378 e. The molecule has 0 bridgehead atoms. The van der Waals surface area contributed by atoms with Crippen LogP contribution in [0.3, 0.4) is 0 Å². The second-order valence-electron chi connectivity index (χ2n) is 5.78. The van der Waals surface area contributed by atoms with E-state index >= 15 is 0 Å². The standard InChI is InChI=1S/C13H26N2O3S/c1-15-7-3-13(4-8-15)18-9-2-6-14-12-5-10-19(16,17)11-12/h12-14H,2-11H2,1H3. The normalized spacial score (nSPS) is 28.8. The number of nitrogens with zero attached hydrogens (tertiary/aromatic N) is 1. The van der Waals surface area contributed by atoms with Gasteiger partial charge in [-0.05, 0) is 39.3 Å². The van der Waals surface area contributed by atoms with Crippen molar-refractivity contribution < 1.29 is 13.2 Å². The monoisotopic (exact) mass is 290 g/mol. The van der Waals surface area contributed by atoms with Gasteiger partial charge in [0.2, 0.25) is 0 Å². The third-order valence-corrected chi connectivity index (χ3v) is 5.77. The van der Waals surface area contributed by atoms with Gasteiger partial charge < -0.3 is 15.0 Å². The van der Waals surface area contributed by atoms with Crippen LogP contribution in [0.5, 0.6) is 0 Å². The molecule has 2 fully saturated rings. The van der Waals surface area contributed by atoms with Crippen molar-refractivity contribution in [2.75, 3.05) is 44.8 Å². The van der Waals surface area contributed by atoms with Crippen molar-refractivity contribution >= 4 is 9.84 Å². The zero-order valence-electron chi connectivity index (χ0n) is 11.8. The fraction of sp³-hybridized carbons (Fsp3) is 1.00. The van der Waals surface area contributed by atoms with E-state index in [2.05, 4.69) is 17.3 Å². The van der Waals surface area contributed by atoms with Crippen LogP contribution in [0.4, 0.5) is 0 Å². The smallest absolute Gasteiger partial charge is 0.151 e. The van der Waals surface area contributed by atoms with E-state index in [9.17, 15) is 8.42 Å². The van der Waals surface area contributed by atoms with Crippen LogP contribution in [-0.4, -0.2) is 70.3 Å². The van der Waals surface area contributed by atoms with Crippen molar-refractivity contribution in [2.45, 2.75) is 37.8 Å². The molecule has 0 radical (unpaired) electrons. The highest BCUT2D eigenvalue weighted by molar-refractivity contribution is 7.91. The van der Waals surface area contributed by atoms with Crippen LogP contribution in [0.15, 0.2) is 0 Å². The predicted octanol–water partition coefficient (Wildman–Crippen LogP) is 0.264. The fourth-order valence-corrected chi connectivity index (χ4v) is 4.44. The molecule has 1 atom stereocenters. The van der Waals surface area contributed by atoms with E-state index in [1.807, 2.05) is 0 Å². The van der Waals surface area contributed by atoms with Gasteiger partial charge in [0, 0.05) is 25.7 Å². The van der Waals surface area contributed by atoms with Crippen LogP contribution in [0.1, 0.15) is 25.7 Å². The van der Waals surface area contributed by atoms with Crippen LogP contribution >= 0.6 is 0 Å². The number of hydrogen-bond donors (Lipinski definition) is 1. The summed E-state index contributed by atoms with van der Waals surface area (Å²) in [6.45, 7) is 3.89. The second-order valence-corrected chi connectivity index (χ2v) is 8.01. The lowest BCUT2D eigenvalue weighted by atomic mass is 10.1. The first kappa shape index (κ1) is 15.2. The topological polar surface area (TPSA) is 58.6 Å². The van der Waals surface area contributed by atoms with E-state index < -0.39 is 9.84 Å². The molecule has 2 heterocycles. The van der Waals surface area contributed by atoms with Crippen molar-refractivity contribution in [3.8, 4) is 0 Å². The molecule has 19 heavy (non-hydrogen) atoms. The number of hydrogen-bond acceptors (Lipinski definition) is 5. The number of likely N-dealkylation sites (tertiary alicyclic amines) is 1. The van der Waals surface area contributed by atoms with Gasteiger partial charge >= 0.3 is 0 Å². The third-order valence-electron chi connectivity index (χ3n) is 4.01. The molecule has 2 aliphatic heterocycles. The minimum atomic E-state index is -2.76. The minimum Gasteiger partial charge on any atom is -0.378 e. The maximum Gasteiger partial charge on any atom is 0.151 e. The maximum absolute atomic E-state index is 11.3. The zero-order chi connectivity index (χ0) is 13.7. The SMILES string of the molecule is CN1CCC(OCCCNC2CCS(=O)(=O)C2)CC1. The Hall–Kier alpha value is -0.170. The van der Waals surface area contributed by atoms with Gasteiger partial charge in [-0.15, -0.1) is 0 Å². The summed E-state index contributed by atoms with van der Waals surface area (Å²) in [6.07, 6.45) is 4.40. The van der Waals surface area contributed by atoms with Gasteiger partial charge in [-0.3, -0.25) is 0 Å². The molecule has 2 saturated heterocycles. The van der Waals surface area contributed by atoms with Crippen molar-refractivity contribution in [1.82, 2.24) is 10.2 Å². The second kappa shape index (κ2) is 7.02. The molecule has 1 N–H and O–H groups in total. The molecule has 112 valence electrons. The van der Waals surface area contributed by atoms with Crippen LogP contribution < -0.4 is 5.32 Å². The van der Waals surface area contributed by atoms with E-state index in [1.54, 1.807) is 0 Å². The summed E-state index contributed by atoms with van der Waals surface area (Å²) in [5.41, 5.74) is 0. The summed E-state index contributed by atoms with van der Waals surface area (Å²) in [6, 6.07) is 0.160. The van der Waals surface area contributed by atoms with Crippen molar-refractivity contribution in [3.05, 3.63) is 0 Å². The molecule has 0 aromatic carbocycles. The first-order valence-electron chi connectivity index (χ1n) is 7.29. The van der Waals surface area contributed by atoms with Crippen LogP contribution in [0.25, 0.3) is 0 Å². The summed E-state index contributed by atoms with van der Waals surface area (Å²) in [7, 11) is -0.610. The first-order chi connectivity index (χ1) is 9.05. The van der Waals surface area contributed by atoms with Crippen LogP contribution in [-0.2, 0) is 14.6 Å². The van der Waals surface area contributed by atoms with Gasteiger partial charge in [0.1, 0.15) is 0 Å². The molecule has 2 aliphatic rings. The Labute approximate surface area is 116 Å². The molecular weight excluding hydrogens is 264 g/mol. The minimum absolute atomic E-state index is 0.160. The summed E-state index contributed by atoms with van der Waals surface area (Å²) < 4.78 is 28.4.